The maximum atomic E-state index is 13.4. The average Bonchev–Trinajstić information content (AvgIpc) is 2.37. The highest BCUT2D eigenvalue weighted by Crippen LogP contribution is 2.16. The minimum Gasteiger partial charge on any atom is -0.467 e. The molecule has 0 saturated heterocycles. The van der Waals surface area contributed by atoms with Gasteiger partial charge in [0.15, 0.2) is 0 Å². The van der Waals surface area contributed by atoms with Crippen molar-refractivity contribution in [3.05, 3.63) is 39.7 Å². The first-order valence-electron chi connectivity index (χ1n) is 5.19. The molecule has 19 heavy (non-hydrogen) atoms. The van der Waals surface area contributed by atoms with Gasteiger partial charge in [-0.05, 0) is 13.0 Å². The normalized spacial score (nSPS) is 11.5. The van der Waals surface area contributed by atoms with Gasteiger partial charge in [-0.15, -0.1) is 0 Å². The van der Waals surface area contributed by atoms with E-state index < -0.39 is 39.9 Å². The number of nitrogens with one attached hydrogen (secondary N) is 1. The summed E-state index contributed by atoms with van der Waals surface area (Å²) in [6.07, 6.45) is 0. The zero-order chi connectivity index (χ0) is 14.6. The van der Waals surface area contributed by atoms with Crippen LogP contribution >= 0.6 is 0 Å². The number of methoxy groups -OCH3 is 1. The lowest BCUT2D eigenvalue weighted by atomic mass is 10.1. The summed E-state index contributed by atoms with van der Waals surface area (Å²) in [5.74, 6) is -2.56. The van der Waals surface area contributed by atoms with Crippen LogP contribution in [0.25, 0.3) is 0 Å². The summed E-state index contributed by atoms with van der Waals surface area (Å²) in [5.41, 5.74) is -0.928. The average molecular weight is 270 g/mol. The van der Waals surface area contributed by atoms with Crippen molar-refractivity contribution in [2.24, 2.45) is 0 Å². The first kappa shape index (κ1) is 14.6. The van der Waals surface area contributed by atoms with E-state index in [0.717, 1.165) is 25.3 Å². The number of hydrogen-bond acceptors (Lipinski definition) is 5. The van der Waals surface area contributed by atoms with Gasteiger partial charge in [-0.3, -0.25) is 14.9 Å². The fourth-order valence-corrected chi connectivity index (χ4v) is 1.31. The molecule has 0 heterocycles. The standard InChI is InChI=1S/C11H11FN2O5/c1-6(11(16)19-2)13-10(15)8-5-7(14(17)18)3-4-9(8)12/h3-6H,1-2H3,(H,13,15)/t6-/m0/s1. The van der Waals surface area contributed by atoms with Crippen molar-refractivity contribution in [1.29, 1.82) is 0 Å². The molecule has 0 radical (unpaired) electrons. The highest BCUT2D eigenvalue weighted by Gasteiger charge is 2.21. The van der Waals surface area contributed by atoms with Gasteiger partial charge in [0.2, 0.25) is 0 Å². The van der Waals surface area contributed by atoms with E-state index in [-0.39, 0.29) is 0 Å². The Labute approximate surface area is 107 Å². The zero-order valence-corrected chi connectivity index (χ0v) is 10.2. The van der Waals surface area contributed by atoms with E-state index in [9.17, 15) is 24.1 Å². The molecule has 0 aliphatic rings. The third-order valence-corrected chi connectivity index (χ3v) is 2.31. The minimum atomic E-state index is -0.990. The van der Waals surface area contributed by atoms with E-state index in [1.807, 2.05) is 0 Å². The van der Waals surface area contributed by atoms with Crippen LogP contribution in [-0.4, -0.2) is 30.0 Å². The van der Waals surface area contributed by atoms with Crippen molar-refractivity contribution in [1.82, 2.24) is 5.32 Å². The van der Waals surface area contributed by atoms with Gasteiger partial charge in [0.1, 0.15) is 11.9 Å². The van der Waals surface area contributed by atoms with Crippen molar-refractivity contribution in [3.8, 4) is 0 Å². The Hall–Kier alpha value is -2.51. The maximum absolute atomic E-state index is 13.4. The summed E-state index contributed by atoms with van der Waals surface area (Å²) in [5, 5.41) is 12.7. The molecule has 102 valence electrons. The number of ether oxygens (including phenoxy) is 1. The van der Waals surface area contributed by atoms with Gasteiger partial charge in [0, 0.05) is 12.1 Å². The van der Waals surface area contributed by atoms with Crippen molar-refractivity contribution in [2.45, 2.75) is 13.0 Å². The molecule has 0 unspecified atom stereocenters. The number of hydrogen-bond donors (Lipinski definition) is 1. The Morgan fingerprint density at radius 3 is 2.63 bits per heavy atom. The van der Waals surface area contributed by atoms with Gasteiger partial charge in [0.25, 0.3) is 11.6 Å². The van der Waals surface area contributed by atoms with Crippen LogP contribution in [0.4, 0.5) is 10.1 Å². The molecule has 0 spiro atoms. The van der Waals surface area contributed by atoms with Crippen LogP contribution in [0.5, 0.6) is 0 Å². The molecule has 0 saturated carbocycles. The van der Waals surface area contributed by atoms with Crippen LogP contribution in [0, 0.1) is 15.9 Å². The Balaban J connectivity index is 2.96. The lowest BCUT2D eigenvalue weighted by Gasteiger charge is -2.11. The lowest BCUT2D eigenvalue weighted by molar-refractivity contribution is -0.384. The lowest BCUT2D eigenvalue weighted by Crippen LogP contribution is -2.39. The monoisotopic (exact) mass is 270 g/mol. The summed E-state index contributed by atoms with van der Waals surface area (Å²) < 4.78 is 17.8. The zero-order valence-electron chi connectivity index (χ0n) is 10.2. The summed E-state index contributed by atoms with van der Waals surface area (Å²) >= 11 is 0. The number of rotatable bonds is 4. The summed E-state index contributed by atoms with van der Waals surface area (Å²) in [7, 11) is 1.14. The number of nitrogens with zero attached hydrogens (tertiary/aromatic N) is 1. The second kappa shape index (κ2) is 5.89. The molecule has 0 aliphatic heterocycles. The molecule has 1 rings (SSSR count). The first-order valence-corrected chi connectivity index (χ1v) is 5.19. The van der Waals surface area contributed by atoms with Crippen molar-refractivity contribution >= 4 is 17.6 Å². The third-order valence-electron chi connectivity index (χ3n) is 2.31. The highest BCUT2D eigenvalue weighted by atomic mass is 19.1. The molecule has 0 bridgehead atoms. The molecule has 1 N–H and O–H groups in total. The highest BCUT2D eigenvalue weighted by molar-refractivity contribution is 5.97. The Kier molecular flexibility index (Phi) is 4.51. The van der Waals surface area contributed by atoms with Crippen LogP contribution in [0.15, 0.2) is 18.2 Å². The molecule has 0 aromatic heterocycles. The minimum absolute atomic E-state index is 0.419. The van der Waals surface area contributed by atoms with Gasteiger partial charge in [-0.2, -0.15) is 0 Å². The molecule has 1 aromatic carbocycles. The predicted octanol–water partition coefficient (Wildman–Crippen LogP) is 1.03. The number of carbonyl (C=O) groups excluding carboxylic acids is 2. The molecular formula is C11H11FN2O5. The number of halogens is 1. The van der Waals surface area contributed by atoms with Crippen LogP contribution in [0.1, 0.15) is 17.3 Å². The molecule has 0 fully saturated rings. The Morgan fingerprint density at radius 1 is 1.47 bits per heavy atom. The second-order valence-electron chi connectivity index (χ2n) is 3.64. The second-order valence-corrected chi connectivity index (χ2v) is 3.64. The number of benzene rings is 1. The van der Waals surface area contributed by atoms with Gasteiger partial charge in [-0.1, -0.05) is 0 Å². The fraction of sp³-hybridized carbons (Fsp3) is 0.273. The van der Waals surface area contributed by atoms with Crippen molar-refractivity contribution < 1.29 is 23.6 Å². The van der Waals surface area contributed by atoms with Gasteiger partial charge in [0.05, 0.1) is 17.6 Å². The van der Waals surface area contributed by atoms with Crippen molar-refractivity contribution in [2.75, 3.05) is 7.11 Å². The first-order chi connectivity index (χ1) is 8.86. The number of nitro groups is 1. The van der Waals surface area contributed by atoms with E-state index in [4.69, 9.17) is 0 Å². The Bertz CT molecular complexity index is 532. The largest absolute Gasteiger partial charge is 0.467 e. The van der Waals surface area contributed by atoms with E-state index in [2.05, 4.69) is 10.1 Å². The Morgan fingerprint density at radius 2 is 2.11 bits per heavy atom. The van der Waals surface area contributed by atoms with E-state index >= 15 is 0 Å². The van der Waals surface area contributed by atoms with E-state index in [1.165, 1.54) is 6.92 Å². The van der Waals surface area contributed by atoms with Crippen molar-refractivity contribution in [3.63, 3.8) is 0 Å². The number of nitro benzene ring substituents is 1. The van der Waals surface area contributed by atoms with Crippen LogP contribution in [0.2, 0.25) is 0 Å². The van der Waals surface area contributed by atoms with Gasteiger partial charge >= 0.3 is 5.97 Å². The number of non-ortho nitro benzene ring substituents is 1. The van der Waals surface area contributed by atoms with Crippen LogP contribution < -0.4 is 5.32 Å². The molecule has 0 aliphatic carbocycles. The molecule has 1 amide bonds. The molecule has 1 atom stereocenters. The number of esters is 1. The smallest absolute Gasteiger partial charge is 0.328 e. The fourth-order valence-electron chi connectivity index (χ4n) is 1.31. The molecule has 7 nitrogen and oxygen atoms in total. The molecule has 1 aromatic rings. The summed E-state index contributed by atoms with van der Waals surface area (Å²) in [4.78, 5) is 32.6. The van der Waals surface area contributed by atoms with Gasteiger partial charge in [-0.25, -0.2) is 9.18 Å². The SMILES string of the molecule is COC(=O)[C@H](C)NC(=O)c1cc([N+](=O)[O-])ccc1F. The van der Waals surface area contributed by atoms with Crippen LogP contribution in [0.3, 0.4) is 0 Å². The summed E-state index contributed by atoms with van der Waals surface area (Å²) in [6.45, 7) is 1.35. The predicted molar refractivity (Wildman–Crippen MR) is 62.0 cm³/mol. The third kappa shape index (κ3) is 3.47. The quantitative estimate of drug-likeness (QED) is 0.500. The van der Waals surface area contributed by atoms with Crippen LogP contribution in [-0.2, 0) is 9.53 Å². The molecular weight excluding hydrogens is 259 g/mol. The maximum Gasteiger partial charge on any atom is 0.328 e. The number of carbonyl (C=O) groups is 2. The molecule has 8 heteroatoms. The summed E-state index contributed by atoms with van der Waals surface area (Å²) in [6, 6.07) is 1.57. The topological polar surface area (TPSA) is 98.5 Å². The van der Waals surface area contributed by atoms with E-state index in [0.29, 0.717) is 0 Å². The van der Waals surface area contributed by atoms with E-state index in [1.54, 1.807) is 0 Å². The number of amides is 1. The van der Waals surface area contributed by atoms with Gasteiger partial charge < -0.3 is 10.1 Å².